The molecule has 118 valence electrons. The minimum absolute atomic E-state index is 0.0921. The number of aromatic nitrogens is 1. The zero-order valence-electron chi connectivity index (χ0n) is 12.3. The summed E-state index contributed by atoms with van der Waals surface area (Å²) in [5, 5.41) is 13.8. The third kappa shape index (κ3) is 3.22. The SMILES string of the molecule is O=Nc1c(O)n(CCCOc2ccc(Br)cc2)c2ccccc12. The van der Waals surface area contributed by atoms with E-state index in [0.29, 0.717) is 25.0 Å². The number of benzene rings is 2. The number of hydrogen-bond acceptors (Lipinski definition) is 4. The summed E-state index contributed by atoms with van der Waals surface area (Å²) in [6, 6.07) is 14.9. The van der Waals surface area contributed by atoms with Crippen LogP contribution in [-0.2, 0) is 6.54 Å². The average Bonchev–Trinajstić information content (AvgIpc) is 2.84. The van der Waals surface area contributed by atoms with E-state index in [0.717, 1.165) is 15.7 Å². The molecule has 3 rings (SSSR count). The maximum absolute atomic E-state index is 10.9. The lowest BCUT2D eigenvalue weighted by Crippen LogP contribution is -2.04. The molecule has 0 aliphatic rings. The predicted octanol–water partition coefficient (Wildman–Crippen LogP) is 4.98. The van der Waals surface area contributed by atoms with Crippen molar-refractivity contribution in [3.63, 3.8) is 0 Å². The Labute approximate surface area is 141 Å². The van der Waals surface area contributed by atoms with Crippen LogP contribution in [0.15, 0.2) is 58.2 Å². The van der Waals surface area contributed by atoms with Crippen LogP contribution in [0.2, 0.25) is 0 Å². The van der Waals surface area contributed by atoms with Gasteiger partial charge in [0.1, 0.15) is 5.75 Å². The molecule has 0 atom stereocenters. The predicted molar refractivity (Wildman–Crippen MR) is 93.3 cm³/mol. The molecule has 0 saturated heterocycles. The normalized spacial score (nSPS) is 10.8. The molecule has 3 aromatic rings. The molecular formula is C17H15BrN2O3. The molecule has 0 amide bonds. The van der Waals surface area contributed by atoms with Gasteiger partial charge >= 0.3 is 0 Å². The molecule has 0 bridgehead atoms. The summed E-state index contributed by atoms with van der Waals surface area (Å²) in [7, 11) is 0. The standard InChI is InChI=1S/C17H15BrN2O3/c18-12-6-8-13(9-7-12)23-11-3-10-20-15-5-2-1-4-14(15)16(19-22)17(20)21/h1-2,4-9,21H,3,10-11H2. The summed E-state index contributed by atoms with van der Waals surface area (Å²) in [6.45, 7) is 1.05. The molecule has 2 aromatic carbocycles. The first-order chi connectivity index (χ1) is 11.2. The number of rotatable bonds is 6. The van der Waals surface area contributed by atoms with Crippen LogP contribution in [0.25, 0.3) is 10.9 Å². The van der Waals surface area contributed by atoms with Crippen molar-refractivity contribution >= 4 is 32.5 Å². The minimum atomic E-state index is -0.0927. The van der Waals surface area contributed by atoms with Gasteiger partial charge < -0.3 is 14.4 Å². The molecular weight excluding hydrogens is 360 g/mol. The molecule has 0 spiro atoms. The Bertz CT molecular complexity index is 828. The van der Waals surface area contributed by atoms with Gasteiger partial charge in [-0.2, -0.15) is 0 Å². The summed E-state index contributed by atoms with van der Waals surface area (Å²) < 4.78 is 8.36. The van der Waals surface area contributed by atoms with Gasteiger partial charge in [0.05, 0.1) is 12.1 Å². The molecule has 1 heterocycles. The van der Waals surface area contributed by atoms with Crippen molar-refractivity contribution in [1.29, 1.82) is 0 Å². The van der Waals surface area contributed by atoms with Crippen LogP contribution in [0.4, 0.5) is 5.69 Å². The molecule has 5 nitrogen and oxygen atoms in total. The van der Waals surface area contributed by atoms with E-state index in [-0.39, 0.29) is 11.6 Å². The van der Waals surface area contributed by atoms with E-state index in [1.165, 1.54) is 0 Å². The molecule has 0 unspecified atom stereocenters. The Morgan fingerprint density at radius 2 is 1.87 bits per heavy atom. The van der Waals surface area contributed by atoms with Gasteiger partial charge in [-0.1, -0.05) is 34.1 Å². The summed E-state index contributed by atoms with van der Waals surface area (Å²) in [5.74, 6) is 0.704. The first kappa shape index (κ1) is 15.6. The van der Waals surface area contributed by atoms with Crippen LogP contribution >= 0.6 is 15.9 Å². The van der Waals surface area contributed by atoms with Crippen molar-refractivity contribution in [2.24, 2.45) is 5.18 Å². The van der Waals surface area contributed by atoms with Gasteiger partial charge in [0.15, 0.2) is 5.69 Å². The van der Waals surface area contributed by atoms with Crippen molar-refractivity contribution in [3.8, 4) is 11.6 Å². The molecule has 0 radical (unpaired) electrons. The Kier molecular flexibility index (Phi) is 4.62. The number of aromatic hydroxyl groups is 1. The largest absolute Gasteiger partial charge is 0.494 e. The summed E-state index contributed by atoms with van der Waals surface area (Å²) in [4.78, 5) is 10.9. The molecule has 0 fully saturated rings. The highest BCUT2D eigenvalue weighted by Gasteiger charge is 2.16. The summed E-state index contributed by atoms with van der Waals surface area (Å²) in [6.07, 6.45) is 0.695. The maximum Gasteiger partial charge on any atom is 0.222 e. The zero-order valence-corrected chi connectivity index (χ0v) is 13.9. The maximum atomic E-state index is 10.9. The lowest BCUT2D eigenvalue weighted by Gasteiger charge is -2.09. The van der Waals surface area contributed by atoms with Gasteiger partial charge in [-0.05, 0) is 41.9 Å². The van der Waals surface area contributed by atoms with Gasteiger partial charge in [-0.15, -0.1) is 4.91 Å². The van der Waals surface area contributed by atoms with Gasteiger partial charge in [0, 0.05) is 16.4 Å². The van der Waals surface area contributed by atoms with E-state index in [1.807, 2.05) is 42.5 Å². The van der Waals surface area contributed by atoms with E-state index in [9.17, 15) is 10.0 Å². The molecule has 0 saturated carbocycles. The first-order valence-corrected chi connectivity index (χ1v) is 8.02. The van der Waals surface area contributed by atoms with E-state index in [2.05, 4.69) is 21.1 Å². The van der Waals surface area contributed by atoms with E-state index in [1.54, 1.807) is 10.6 Å². The Balaban J connectivity index is 1.69. The topological polar surface area (TPSA) is 63.8 Å². The highest BCUT2D eigenvalue weighted by Crippen LogP contribution is 2.38. The van der Waals surface area contributed by atoms with Crippen molar-refractivity contribution in [1.82, 2.24) is 4.57 Å². The quantitative estimate of drug-likeness (QED) is 0.488. The summed E-state index contributed by atoms with van der Waals surface area (Å²) >= 11 is 3.38. The smallest absolute Gasteiger partial charge is 0.222 e. The number of ether oxygens (including phenoxy) is 1. The monoisotopic (exact) mass is 374 g/mol. The Morgan fingerprint density at radius 3 is 2.61 bits per heavy atom. The molecule has 6 heteroatoms. The number of fused-ring (bicyclic) bond motifs is 1. The van der Waals surface area contributed by atoms with Crippen molar-refractivity contribution in [2.75, 3.05) is 6.61 Å². The first-order valence-electron chi connectivity index (χ1n) is 7.22. The number of halogens is 1. The van der Waals surface area contributed by atoms with Crippen LogP contribution in [0.3, 0.4) is 0 Å². The zero-order chi connectivity index (χ0) is 16.2. The summed E-state index contributed by atoms with van der Waals surface area (Å²) in [5.41, 5.74) is 0.887. The van der Waals surface area contributed by atoms with E-state index < -0.39 is 0 Å². The van der Waals surface area contributed by atoms with Gasteiger partial charge in [0.2, 0.25) is 5.88 Å². The highest BCUT2D eigenvalue weighted by atomic mass is 79.9. The van der Waals surface area contributed by atoms with E-state index in [4.69, 9.17) is 4.74 Å². The second-order valence-corrected chi connectivity index (χ2v) is 6.00. The Hall–Kier alpha value is -2.34. The number of aryl methyl sites for hydroxylation is 1. The van der Waals surface area contributed by atoms with Crippen molar-refractivity contribution in [3.05, 3.63) is 57.9 Å². The third-order valence-corrected chi connectivity index (χ3v) is 4.15. The number of nitrogens with zero attached hydrogens (tertiary/aromatic N) is 2. The molecule has 1 N–H and O–H groups in total. The van der Waals surface area contributed by atoms with Crippen LogP contribution < -0.4 is 4.74 Å². The van der Waals surface area contributed by atoms with Crippen LogP contribution in [0.1, 0.15) is 6.42 Å². The highest BCUT2D eigenvalue weighted by molar-refractivity contribution is 9.10. The Morgan fingerprint density at radius 1 is 1.13 bits per heavy atom. The fourth-order valence-corrected chi connectivity index (χ4v) is 2.80. The van der Waals surface area contributed by atoms with Crippen LogP contribution in [0, 0.1) is 4.91 Å². The third-order valence-electron chi connectivity index (χ3n) is 3.62. The van der Waals surface area contributed by atoms with Gasteiger partial charge in [-0.25, -0.2) is 0 Å². The molecule has 1 aromatic heterocycles. The van der Waals surface area contributed by atoms with Crippen LogP contribution in [-0.4, -0.2) is 16.3 Å². The second-order valence-electron chi connectivity index (χ2n) is 5.09. The fraction of sp³-hybridized carbons (Fsp3) is 0.176. The lowest BCUT2D eigenvalue weighted by molar-refractivity contribution is 0.298. The van der Waals surface area contributed by atoms with Gasteiger partial charge in [-0.3, -0.25) is 0 Å². The molecule has 0 aliphatic heterocycles. The molecule has 0 aliphatic carbocycles. The fourth-order valence-electron chi connectivity index (χ4n) is 2.53. The van der Waals surface area contributed by atoms with Crippen LogP contribution in [0.5, 0.6) is 11.6 Å². The second kappa shape index (κ2) is 6.83. The lowest BCUT2D eigenvalue weighted by atomic mass is 10.2. The minimum Gasteiger partial charge on any atom is -0.494 e. The van der Waals surface area contributed by atoms with Gasteiger partial charge in [0.25, 0.3) is 0 Å². The molecule has 23 heavy (non-hydrogen) atoms. The van der Waals surface area contributed by atoms with Crippen molar-refractivity contribution < 1.29 is 9.84 Å². The number of para-hydroxylation sites is 1. The van der Waals surface area contributed by atoms with Crippen molar-refractivity contribution in [2.45, 2.75) is 13.0 Å². The number of nitroso groups, excluding NO2 is 1. The average molecular weight is 375 g/mol. The van der Waals surface area contributed by atoms with E-state index >= 15 is 0 Å². The number of hydrogen-bond donors (Lipinski definition) is 1.